The number of aromatic amines is 1. The molecular formula is C21H25N5O. The first-order valence-electron chi connectivity index (χ1n) is 9.90. The molecule has 2 N–H and O–H groups in total. The van der Waals surface area contributed by atoms with E-state index >= 15 is 0 Å². The molecule has 0 unspecified atom stereocenters. The van der Waals surface area contributed by atoms with Gasteiger partial charge in [0.2, 0.25) is 5.91 Å². The van der Waals surface area contributed by atoms with Crippen LogP contribution in [0.25, 0.3) is 10.9 Å². The van der Waals surface area contributed by atoms with Crippen molar-refractivity contribution in [3.05, 3.63) is 53.0 Å². The van der Waals surface area contributed by atoms with Crippen molar-refractivity contribution in [2.75, 3.05) is 13.1 Å². The highest BCUT2D eigenvalue weighted by atomic mass is 16.2. The zero-order valence-corrected chi connectivity index (χ0v) is 15.5. The molecule has 0 spiro atoms. The zero-order chi connectivity index (χ0) is 18.2. The Labute approximate surface area is 158 Å². The summed E-state index contributed by atoms with van der Waals surface area (Å²) in [6.45, 7) is 4.37. The number of hydrogen-bond acceptors (Lipinski definition) is 3. The summed E-state index contributed by atoms with van der Waals surface area (Å²) in [5.74, 6) is 0.223. The molecule has 2 aromatic heterocycles. The highest BCUT2D eigenvalue weighted by molar-refractivity contribution is 5.85. The summed E-state index contributed by atoms with van der Waals surface area (Å²) in [6, 6.07) is 10.6. The molecule has 4 heterocycles. The number of nitrogens with one attached hydrogen (secondary N) is 2. The number of carbonyl (C=O) groups excluding carboxylic acids is 1. The van der Waals surface area contributed by atoms with Crippen LogP contribution in [0.2, 0.25) is 0 Å². The maximum atomic E-state index is 12.8. The van der Waals surface area contributed by atoms with Crippen molar-refractivity contribution in [1.29, 1.82) is 0 Å². The quantitative estimate of drug-likeness (QED) is 0.751. The monoisotopic (exact) mass is 363 g/mol. The summed E-state index contributed by atoms with van der Waals surface area (Å²) in [4.78, 5) is 18.2. The molecule has 5 rings (SSSR count). The van der Waals surface area contributed by atoms with E-state index in [1.807, 2.05) is 4.90 Å². The predicted octanol–water partition coefficient (Wildman–Crippen LogP) is 2.38. The number of carbonyl (C=O) groups is 1. The summed E-state index contributed by atoms with van der Waals surface area (Å²) in [7, 11) is 0. The SMILES string of the molecule is O=C(CCc1cc2n(n1)CCCNC2)N1CCc2c([nH]c3ccccc23)C1. The van der Waals surface area contributed by atoms with Crippen molar-refractivity contribution in [2.24, 2.45) is 0 Å². The molecule has 2 aliphatic rings. The van der Waals surface area contributed by atoms with Crippen LogP contribution in [0.15, 0.2) is 30.3 Å². The highest BCUT2D eigenvalue weighted by Gasteiger charge is 2.24. The number of aryl methyl sites for hydroxylation is 2. The van der Waals surface area contributed by atoms with Crippen LogP contribution in [0, 0.1) is 0 Å². The second kappa shape index (κ2) is 6.85. The Kier molecular flexibility index (Phi) is 4.20. The number of nitrogens with zero attached hydrogens (tertiary/aromatic N) is 3. The molecule has 2 aliphatic heterocycles. The molecule has 1 aromatic carbocycles. The lowest BCUT2D eigenvalue weighted by atomic mass is 10.0. The van der Waals surface area contributed by atoms with Gasteiger partial charge >= 0.3 is 0 Å². The first kappa shape index (κ1) is 16.6. The Hall–Kier alpha value is -2.60. The van der Waals surface area contributed by atoms with Crippen molar-refractivity contribution >= 4 is 16.8 Å². The second-order valence-electron chi connectivity index (χ2n) is 7.57. The third kappa shape index (κ3) is 3.14. The van der Waals surface area contributed by atoms with E-state index in [0.717, 1.165) is 51.1 Å². The third-order valence-electron chi connectivity index (χ3n) is 5.77. The molecule has 6 heteroatoms. The van der Waals surface area contributed by atoms with Gasteiger partial charge < -0.3 is 15.2 Å². The number of H-pyrrole nitrogens is 1. The fraction of sp³-hybridized carbons (Fsp3) is 0.429. The number of hydrogen-bond donors (Lipinski definition) is 2. The fourth-order valence-corrected chi connectivity index (χ4v) is 4.34. The summed E-state index contributed by atoms with van der Waals surface area (Å²) < 4.78 is 2.09. The van der Waals surface area contributed by atoms with Crippen LogP contribution in [0.1, 0.15) is 35.5 Å². The maximum absolute atomic E-state index is 12.8. The Morgan fingerprint density at radius 2 is 2.15 bits per heavy atom. The van der Waals surface area contributed by atoms with Gasteiger partial charge in [0.15, 0.2) is 0 Å². The fourth-order valence-electron chi connectivity index (χ4n) is 4.34. The van der Waals surface area contributed by atoms with Crippen molar-refractivity contribution in [3.63, 3.8) is 0 Å². The molecule has 0 atom stereocenters. The lowest BCUT2D eigenvalue weighted by Gasteiger charge is -2.27. The molecule has 0 saturated carbocycles. The standard InChI is InChI=1S/C21H25N5O/c27-21(7-6-15-12-16-13-22-9-3-10-26(16)24-15)25-11-8-18-17-4-1-2-5-19(17)23-20(18)14-25/h1-2,4-5,12,22-23H,3,6-11,13-14H2. The van der Waals surface area contributed by atoms with E-state index in [4.69, 9.17) is 5.10 Å². The minimum absolute atomic E-state index is 0.223. The molecule has 1 amide bonds. The van der Waals surface area contributed by atoms with Crippen LogP contribution in [-0.4, -0.2) is 38.7 Å². The average molecular weight is 363 g/mol. The lowest BCUT2D eigenvalue weighted by Crippen LogP contribution is -2.36. The van der Waals surface area contributed by atoms with Crippen molar-refractivity contribution in [3.8, 4) is 0 Å². The average Bonchev–Trinajstić information content (AvgIpc) is 3.19. The molecule has 3 aromatic rings. The molecule has 0 bridgehead atoms. The van der Waals surface area contributed by atoms with Gasteiger partial charge in [0, 0.05) is 49.1 Å². The van der Waals surface area contributed by atoms with Gasteiger partial charge in [0.25, 0.3) is 0 Å². The summed E-state index contributed by atoms with van der Waals surface area (Å²) >= 11 is 0. The Balaban J connectivity index is 1.24. The molecule has 140 valence electrons. The van der Waals surface area contributed by atoms with Gasteiger partial charge in [-0.3, -0.25) is 9.48 Å². The molecule has 0 aliphatic carbocycles. The van der Waals surface area contributed by atoms with E-state index < -0.39 is 0 Å². The number of rotatable bonds is 3. The van der Waals surface area contributed by atoms with E-state index in [2.05, 4.69) is 45.3 Å². The summed E-state index contributed by atoms with van der Waals surface area (Å²) in [6.07, 6.45) is 3.28. The van der Waals surface area contributed by atoms with Gasteiger partial charge in [-0.15, -0.1) is 0 Å². The smallest absolute Gasteiger partial charge is 0.223 e. The topological polar surface area (TPSA) is 66.0 Å². The van der Waals surface area contributed by atoms with Crippen LogP contribution in [0.4, 0.5) is 0 Å². The minimum Gasteiger partial charge on any atom is -0.357 e. The molecular weight excluding hydrogens is 338 g/mol. The van der Waals surface area contributed by atoms with Crippen LogP contribution < -0.4 is 5.32 Å². The first-order chi connectivity index (χ1) is 13.3. The van der Waals surface area contributed by atoms with Gasteiger partial charge in [-0.05, 0) is 37.1 Å². The van der Waals surface area contributed by atoms with Crippen LogP contribution in [0.3, 0.4) is 0 Å². The van der Waals surface area contributed by atoms with Gasteiger partial charge in [-0.1, -0.05) is 18.2 Å². The third-order valence-corrected chi connectivity index (χ3v) is 5.77. The molecule has 0 fully saturated rings. The summed E-state index contributed by atoms with van der Waals surface area (Å²) in [5.41, 5.74) is 6.00. The molecule has 0 radical (unpaired) electrons. The largest absolute Gasteiger partial charge is 0.357 e. The number of para-hydroxylation sites is 1. The Morgan fingerprint density at radius 1 is 1.22 bits per heavy atom. The van der Waals surface area contributed by atoms with Gasteiger partial charge in [-0.2, -0.15) is 5.10 Å². The second-order valence-corrected chi connectivity index (χ2v) is 7.57. The minimum atomic E-state index is 0.223. The van der Waals surface area contributed by atoms with Crippen molar-refractivity contribution in [1.82, 2.24) is 25.0 Å². The Morgan fingerprint density at radius 3 is 3.11 bits per heavy atom. The zero-order valence-electron chi connectivity index (χ0n) is 15.5. The number of benzene rings is 1. The van der Waals surface area contributed by atoms with Gasteiger partial charge in [-0.25, -0.2) is 0 Å². The predicted molar refractivity (Wildman–Crippen MR) is 104 cm³/mol. The van der Waals surface area contributed by atoms with E-state index in [0.29, 0.717) is 13.0 Å². The highest BCUT2D eigenvalue weighted by Crippen LogP contribution is 2.27. The van der Waals surface area contributed by atoms with Gasteiger partial charge in [0.1, 0.15) is 0 Å². The van der Waals surface area contributed by atoms with E-state index in [1.165, 1.54) is 27.9 Å². The van der Waals surface area contributed by atoms with Crippen LogP contribution in [-0.2, 0) is 37.3 Å². The molecule has 27 heavy (non-hydrogen) atoms. The van der Waals surface area contributed by atoms with E-state index in [-0.39, 0.29) is 5.91 Å². The van der Waals surface area contributed by atoms with Gasteiger partial charge in [0.05, 0.1) is 17.9 Å². The normalized spacial score (nSPS) is 16.8. The van der Waals surface area contributed by atoms with E-state index in [9.17, 15) is 4.79 Å². The van der Waals surface area contributed by atoms with Crippen molar-refractivity contribution < 1.29 is 4.79 Å². The van der Waals surface area contributed by atoms with Crippen LogP contribution >= 0.6 is 0 Å². The molecule has 6 nitrogen and oxygen atoms in total. The van der Waals surface area contributed by atoms with Crippen LogP contribution in [0.5, 0.6) is 0 Å². The van der Waals surface area contributed by atoms with E-state index in [1.54, 1.807) is 0 Å². The number of amides is 1. The lowest BCUT2D eigenvalue weighted by molar-refractivity contribution is -0.132. The maximum Gasteiger partial charge on any atom is 0.223 e. The van der Waals surface area contributed by atoms with Crippen molar-refractivity contribution in [2.45, 2.75) is 45.3 Å². The number of fused-ring (bicyclic) bond motifs is 4. The Bertz CT molecular complexity index is 962. The summed E-state index contributed by atoms with van der Waals surface area (Å²) in [5, 5.41) is 9.41. The number of aromatic nitrogens is 3. The first-order valence-corrected chi connectivity index (χ1v) is 9.90. The molecule has 0 saturated heterocycles.